The number of esters is 1. The third-order valence-electron chi connectivity index (χ3n) is 7.59. The zero-order valence-corrected chi connectivity index (χ0v) is 25.3. The minimum Gasteiger partial charge on any atom is -0.463 e. The first kappa shape index (κ1) is 29.5. The molecule has 5 rings (SSSR count). The molecule has 5 heterocycles. The molecule has 5 atom stereocenters. The van der Waals surface area contributed by atoms with Crippen LogP contribution in [0.3, 0.4) is 0 Å². The summed E-state index contributed by atoms with van der Waals surface area (Å²) in [6.45, 7) is 10.6. The fourth-order valence-electron chi connectivity index (χ4n) is 5.57. The summed E-state index contributed by atoms with van der Waals surface area (Å²) in [7, 11) is 5.65. The Morgan fingerprint density at radius 3 is 2.68 bits per heavy atom. The highest BCUT2D eigenvalue weighted by Gasteiger charge is 2.59. The third kappa shape index (κ3) is 5.62. The van der Waals surface area contributed by atoms with E-state index in [4.69, 9.17) is 18.9 Å². The van der Waals surface area contributed by atoms with Crippen molar-refractivity contribution in [3.05, 3.63) is 25.1 Å². The van der Waals surface area contributed by atoms with E-state index in [2.05, 4.69) is 28.5 Å². The average molecular weight is 590 g/mol. The molecule has 2 aromatic rings. The first-order valence-electron chi connectivity index (χ1n) is 13.9. The van der Waals surface area contributed by atoms with Crippen molar-refractivity contribution in [3.63, 3.8) is 0 Å². The minimum absolute atomic E-state index is 0.312. The summed E-state index contributed by atoms with van der Waals surface area (Å²) in [6, 6.07) is -0.643. The van der Waals surface area contributed by atoms with E-state index in [0.717, 1.165) is 17.3 Å². The fraction of sp³-hybridized carbons (Fsp3) is 0.667. The summed E-state index contributed by atoms with van der Waals surface area (Å²) in [4.78, 5) is 45.6. The number of fused-ring (bicyclic) bond motifs is 2. The zero-order valence-electron chi connectivity index (χ0n) is 24.5. The summed E-state index contributed by atoms with van der Waals surface area (Å²) in [5.41, 5.74) is 1.07. The molecular weight excluding hydrogens is 550 g/mol. The number of hydrogen-bond donors (Lipinski definition) is 0. The maximum absolute atomic E-state index is 13.9. The summed E-state index contributed by atoms with van der Waals surface area (Å²) < 4.78 is 26.1. The lowest BCUT2D eigenvalue weighted by atomic mass is 10.1. The van der Waals surface area contributed by atoms with Gasteiger partial charge < -0.3 is 33.6 Å². The van der Waals surface area contributed by atoms with Crippen LogP contribution >= 0.6 is 11.8 Å². The quantitative estimate of drug-likeness (QED) is 0.297. The molecule has 14 heteroatoms. The van der Waals surface area contributed by atoms with Gasteiger partial charge in [0, 0.05) is 33.4 Å². The molecule has 13 nitrogen and oxygen atoms in total. The van der Waals surface area contributed by atoms with Gasteiger partial charge in [-0.05, 0) is 32.4 Å². The van der Waals surface area contributed by atoms with Gasteiger partial charge in [0.1, 0.15) is 37.0 Å². The van der Waals surface area contributed by atoms with Crippen molar-refractivity contribution in [2.75, 3.05) is 50.7 Å². The molecule has 5 unspecified atom stereocenters. The van der Waals surface area contributed by atoms with Gasteiger partial charge >= 0.3 is 5.97 Å². The van der Waals surface area contributed by atoms with E-state index in [1.165, 1.54) is 6.33 Å². The lowest BCUT2D eigenvalue weighted by Crippen LogP contribution is -2.49. The summed E-state index contributed by atoms with van der Waals surface area (Å²) in [5.74, 6) is 1.35. The second-order valence-corrected chi connectivity index (χ2v) is 12.4. The maximum atomic E-state index is 13.9. The summed E-state index contributed by atoms with van der Waals surface area (Å²) in [5, 5.41) is 0. The van der Waals surface area contributed by atoms with Crippen LogP contribution in [0.15, 0.2) is 25.1 Å². The van der Waals surface area contributed by atoms with Crippen LogP contribution in [0, 0.1) is 0 Å². The van der Waals surface area contributed by atoms with Crippen LogP contribution in [0.4, 0.5) is 5.82 Å². The molecule has 0 aliphatic carbocycles. The molecule has 41 heavy (non-hydrogen) atoms. The molecule has 3 saturated heterocycles. The number of imidazole rings is 1. The largest absolute Gasteiger partial charge is 0.463 e. The molecule has 1 amide bonds. The van der Waals surface area contributed by atoms with E-state index in [0.29, 0.717) is 43.0 Å². The lowest BCUT2D eigenvalue weighted by molar-refractivity contribution is -0.200. The Kier molecular flexibility index (Phi) is 8.46. The predicted molar refractivity (Wildman–Crippen MR) is 153 cm³/mol. The molecule has 224 valence electrons. The second-order valence-electron chi connectivity index (χ2n) is 11.0. The van der Waals surface area contributed by atoms with E-state index in [1.807, 2.05) is 44.8 Å². The standard InChI is InChI=1S/C27H39N7O6S/c1-8-41-13-12-37-26(36)17-10-9-11-33(17)24(35)20-19-21(40-27(3,4)39-19)25(38-20)34-15-30-18-22(28-14-29-23(18)34)32(7)16(2)31(5)6/h14-15,17,19-21,25H,2,8-13H2,1,3-7H3. The predicted octanol–water partition coefficient (Wildman–Crippen LogP) is 2.00. The number of hydrogen-bond acceptors (Lipinski definition) is 12. The van der Waals surface area contributed by atoms with E-state index in [9.17, 15) is 9.59 Å². The van der Waals surface area contributed by atoms with Crippen molar-refractivity contribution in [2.24, 2.45) is 0 Å². The van der Waals surface area contributed by atoms with E-state index in [1.54, 1.807) is 27.6 Å². The number of anilines is 1. The van der Waals surface area contributed by atoms with Crippen molar-refractivity contribution in [1.82, 2.24) is 29.3 Å². The van der Waals surface area contributed by atoms with Crippen LogP contribution in [-0.4, -0.2) is 117 Å². The summed E-state index contributed by atoms with van der Waals surface area (Å²) in [6.07, 6.45) is 1.31. The Balaban J connectivity index is 1.41. The number of nitrogens with zero attached hydrogens (tertiary/aromatic N) is 7. The van der Waals surface area contributed by atoms with Crippen LogP contribution < -0.4 is 4.90 Å². The number of carbonyl (C=O) groups is 2. The minimum atomic E-state index is -0.981. The highest BCUT2D eigenvalue weighted by atomic mass is 32.2. The van der Waals surface area contributed by atoms with Gasteiger partial charge in [0.25, 0.3) is 5.91 Å². The normalized spacial score (nSPS) is 26.8. The van der Waals surface area contributed by atoms with Gasteiger partial charge in [-0.15, -0.1) is 0 Å². The topological polar surface area (TPSA) is 124 Å². The van der Waals surface area contributed by atoms with Gasteiger partial charge in [-0.2, -0.15) is 11.8 Å². The lowest BCUT2D eigenvalue weighted by Gasteiger charge is -2.29. The third-order valence-corrected chi connectivity index (χ3v) is 8.45. The van der Waals surface area contributed by atoms with Crippen molar-refractivity contribution < 1.29 is 28.5 Å². The van der Waals surface area contributed by atoms with E-state index < -0.39 is 36.4 Å². The number of aromatic nitrogens is 4. The van der Waals surface area contributed by atoms with Crippen LogP contribution in [0.25, 0.3) is 11.2 Å². The fourth-order valence-corrected chi connectivity index (χ4v) is 6.06. The molecule has 3 aliphatic rings. The number of rotatable bonds is 10. The molecule has 3 aliphatic heterocycles. The number of amides is 1. The number of carbonyl (C=O) groups excluding carboxylic acids is 2. The highest BCUT2D eigenvalue weighted by molar-refractivity contribution is 7.99. The Labute approximate surface area is 244 Å². The Hall–Kier alpha value is -2.94. The number of likely N-dealkylation sites (tertiary alicyclic amines) is 1. The molecule has 0 saturated carbocycles. The van der Waals surface area contributed by atoms with Crippen LogP contribution in [0.5, 0.6) is 0 Å². The van der Waals surface area contributed by atoms with Crippen molar-refractivity contribution in [1.29, 1.82) is 0 Å². The first-order chi connectivity index (χ1) is 19.5. The molecular formula is C27H39N7O6S. The smallest absolute Gasteiger partial charge is 0.328 e. The SMILES string of the molecule is C=C(N(C)C)N(C)c1ncnc2c1ncn2C1OC(C(=O)N2CCCC2C(=O)OCCSCC)C2OC(C)(C)OC21. The molecule has 0 spiro atoms. The first-order valence-corrected chi connectivity index (χ1v) is 15.0. The number of ether oxygens (including phenoxy) is 4. The number of thioether (sulfide) groups is 1. The van der Waals surface area contributed by atoms with E-state index in [-0.39, 0.29) is 11.9 Å². The van der Waals surface area contributed by atoms with E-state index >= 15 is 0 Å². The van der Waals surface area contributed by atoms with Gasteiger partial charge in [-0.1, -0.05) is 13.5 Å². The highest BCUT2D eigenvalue weighted by Crippen LogP contribution is 2.45. The average Bonchev–Trinajstić information content (AvgIpc) is 3.71. The molecule has 0 N–H and O–H groups in total. The molecule has 0 bridgehead atoms. The summed E-state index contributed by atoms with van der Waals surface area (Å²) >= 11 is 1.70. The molecule has 2 aromatic heterocycles. The van der Waals surface area contributed by atoms with Crippen LogP contribution in [0.1, 0.15) is 39.8 Å². The van der Waals surface area contributed by atoms with Gasteiger partial charge in [0.15, 0.2) is 35.1 Å². The second kappa shape index (κ2) is 11.7. The maximum Gasteiger partial charge on any atom is 0.328 e. The van der Waals surface area contributed by atoms with Crippen LogP contribution in [-0.2, 0) is 28.5 Å². The molecule has 3 fully saturated rings. The monoisotopic (exact) mass is 589 g/mol. The van der Waals surface area contributed by atoms with Crippen molar-refractivity contribution >= 4 is 40.6 Å². The Bertz CT molecular complexity index is 1300. The van der Waals surface area contributed by atoms with Crippen molar-refractivity contribution in [2.45, 2.75) is 70.0 Å². The van der Waals surface area contributed by atoms with Crippen molar-refractivity contribution in [3.8, 4) is 0 Å². The van der Waals surface area contributed by atoms with Gasteiger partial charge in [0.05, 0.1) is 6.33 Å². The zero-order chi connectivity index (χ0) is 29.5. The van der Waals surface area contributed by atoms with Gasteiger partial charge in [-0.3, -0.25) is 9.36 Å². The Morgan fingerprint density at radius 2 is 1.95 bits per heavy atom. The molecule has 0 aromatic carbocycles. The van der Waals surface area contributed by atoms with Gasteiger partial charge in [0.2, 0.25) is 0 Å². The molecule has 0 radical (unpaired) electrons. The van der Waals surface area contributed by atoms with Crippen LogP contribution in [0.2, 0.25) is 0 Å². The Morgan fingerprint density at radius 1 is 1.20 bits per heavy atom. The van der Waals surface area contributed by atoms with Gasteiger partial charge in [-0.25, -0.2) is 19.7 Å².